The summed E-state index contributed by atoms with van der Waals surface area (Å²) in [5.41, 5.74) is -0.611. The summed E-state index contributed by atoms with van der Waals surface area (Å²) in [6.45, 7) is 3.27. The number of non-ortho nitro benzene ring substituents is 1. The number of nitro groups is 1. The number of aliphatic hydroxyl groups is 1. The van der Waals surface area contributed by atoms with Crippen LogP contribution < -0.4 is 5.32 Å². The highest BCUT2D eigenvalue weighted by Gasteiger charge is 2.19. The van der Waals surface area contributed by atoms with Crippen molar-refractivity contribution in [2.75, 3.05) is 6.54 Å². The standard InChI is InChI=1S/C13H17FN2O4/c1-8-6-10(16(19)20)7-11(12(8)14)13(18)15-5-3-4-9(2)17/h6-7,9,17H,3-5H2,1-2H3,(H,15,18). The van der Waals surface area contributed by atoms with Gasteiger partial charge in [0.25, 0.3) is 11.6 Å². The van der Waals surface area contributed by atoms with E-state index >= 15 is 0 Å². The average molecular weight is 284 g/mol. The third-order valence-corrected chi connectivity index (χ3v) is 2.78. The van der Waals surface area contributed by atoms with Gasteiger partial charge < -0.3 is 10.4 Å². The van der Waals surface area contributed by atoms with Gasteiger partial charge in [-0.15, -0.1) is 0 Å². The van der Waals surface area contributed by atoms with Crippen molar-refractivity contribution in [3.05, 3.63) is 39.2 Å². The third kappa shape index (κ3) is 4.27. The first-order chi connectivity index (χ1) is 9.32. The molecule has 1 rings (SSSR count). The van der Waals surface area contributed by atoms with Crippen LogP contribution in [0.5, 0.6) is 0 Å². The van der Waals surface area contributed by atoms with Crippen molar-refractivity contribution in [2.45, 2.75) is 32.8 Å². The molecule has 0 aliphatic carbocycles. The molecule has 0 bridgehead atoms. The largest absolute Gasteiger partial charge is 0.393 e. The van der Waals surface area contributed by atoms with Gasteiger partial charge in [0.1, 0.15) is 5.82 Å². The molecular weight excluding hydrogens is 267 g/mol. The molecule has 0 aliphatic heterocycles. The summed E-state index contributed by atoms with van der Waals surface area (Å²) < 4.78 is 13.8. The summed E-state index contributed by atoms with van der Waals surface area (Å²) in [4.78, 5) is 21.8. The topological polar surface area (TPSA) is 92.5 Å². The van der Waals surface area contributed by atoms with Crippen molar-refractivity contribution < 1.29 is 19.2 Å². The third-order valence-electron chi connectivity index (χ3n) is 2.78. The zero-order valence-electron chi connectivity index (χ0n) is 11.4. The van der Waals surface area contributed by atoms with Crippen LogP contribution in [0, 0.1) is 22.9 Å². The fourth-order valence-electron chi connectivity index (χ4n) is 1.72. The number of hydrogen-bond donors (Lipinski definition) is 2. The lowest BCUT2D eigenvalue weighted by molar-refractivity contribution is -0.385. The van der Waals surface area contributed by atoms with Crippen LogP contribution in [0.2, 0.25) is 0 Å². The number of amides is 1. The number of nitro benzene ring substituents is 1. The van der Waals surface area contributed by atoms with E-state index in [1.54, 1.807) is 6.92 Å². The first kappa shape index (κ1) is 16.0. The second-order valence-electron chi connectivity index (χ2n) is 4.63. The summed E-state index contributed by atoms with van der Waals surface area (Å²) in [5.74, 6) is -1.46. The Kier molecular flexibility index (Phi) is 5.57. The van der Waals surface area contributed by atoms with E-state index in [1.807, 2.05) is 0 Å². The molecule has 0 spiro atoms. The Labute approximate surface area is 115 Å². The Hall–Kier alpha value is -2.02. The molecule has 0 saturated carbocycles. The van der Waals surface area contributed by atoms with Gasteiger partial charge in [-0.05, 0) is 32.3 Å². The minimum absolute atomic E-state index is 0.0494. The molecule has 110 valence electrons. The van der Waals surface area contributed by atoms with Crippen molar-refractivity contribution in [3.63, 3.8) is 0 Å². The minimum atomic E-state index is -0.761. The van der Waals surface area contributed by atoms with Crippen molar-refractivity contribution in [1.29, 1.82) is 0 Å². The Morgan fingerprint density at radius 2 is 2.20 bits per heavy atom. The number of hydrogen-bond acceptors (Lipinski definition) is 4. The lowest BCUT2D eigenvalue weighted by Crippen LogP contribution is -2.26. The second-order valence-corrected chi connectivity index (χ2v) is 4.63. The molecule has 7 heteroatoms. The second kappa shape index (κ2) is 6.95. The number of nitrogens with one attached hydrogen (secondary N) is 1. The van der Waals surface area contributed by atoms with Crippen molar-refractivity contribution in [2.24, 2.45) is 0 Å². The zero-order chi connectivity index (χ0) is 15.3. The fraction of sp³-hybridized carbons (Fsp3) is 0.462. The molecule has 0 fully saturated rings. The number of nitrogens with zero attached hydrogens (tertiary/aromatic N) is 1. The van der Waals surface area contributed by atoms with Crippen LogP contribution in [0.25, 0.3) is 0 Å². The summed E-state index contributed by atoms with van der Waals surface area (Å²) in [7, 11) is 0. The molecule has 20 heavy (non-hydrogen) atoms. The Morgan fingerprint density at radius 3 is 2.75 bits per heavy atom. The number of aryl methyl sites for hydroxylation is 1. The van der Waals surface area contributed by atoms with E-state index in [-0.39, 0.29) is 23.4 Å². The highest BCUT2D eigenvalue weighted by Crippen LogP contribution is 2.20. The first-order valence-electron chi connectivity index (χ1n) is 6.23. The maximum atomic E-state index is 13.8. The van der Waals surface area contributed by atoms with Crippen LogP contribution in [0.4, 0.5) is 10.1 Å². The number of carbonyl (C=O) groups excluding carboxylic acids is 1. The van der Waals surface area contributed by atoms with E-state index in [9.17, 15) is 19.3 Å². The molecular formula is C13H17FN2O4. The normalized spacial score (nSPS) is 12.0. The van der Waals surface area contributed by atoms with Crippen LogP contribution in [0.3, 0.4) is 0 Å². The number of halogens is 1. The van der Waals surface area contributed by atoms with Crippen LogP contribution >= 0.6 is 0 Å². The van der Waals surface area contributed by atoms with Crippen molar-refractivity contribution in [1.82, 2.24) is 5.32 Å². The maximum absolute atomic E-state index is 13.8. The molecule has 0 radical (unpaired) electrons. The zero-order valence-corrected chi connectivity index (χ0v) is 11.4. The van der Waals surface area contributed by atoms with Crippen LogP contribution in [-0.4, -0.2) is 28.6 Å². The molecule has 0 saturated heterocycles. The molecule has 1 amide bonds. The predicted molar refractivity (Wildman–Crippen MR) is 71.0 cm³/mol. The van der Waals surface area contributed by atoms with E-state index < -0.39 is 22.8 Å². The monoisotopic (exact) mass is 284 g/mol. The van der Waals surface area contributed by atoms with Crippen LogP contribution in [0.1, 0.15) is 35.7 Å². The Morgan fingerprint density at radius 1 is 1.55 bits per heavy atom. The van der Waals surface area contributed by atoms with Gasteiger partial charge in [0, 0.05) is 18.7 Å². The number of benzene rings is 1. The molecule has 1 aromatic rings. The number of aliphatic hydroxyl groups excluding tert-OH is 1. The van der Waals surface area contributed by atoms with E-state index in [1.165, 1.54) is 6.92 Å². The summed E-state index contributed by atoms with van der Waals surface area (Å²) >= 11 is 0. The molecule has 0 heterocycles. The fourth-order valence-corrected chi connectivity index (χ4v) is 1.72. The van der Waals surface area contributed by atoms with Gasteiger partial charge in [-0.2, -0.15) is 0 Å². The maximum Gasteiger partial charge on any atom is 0.270 e. The summed E-state index contributed by atoms with van der Waals surface area (Å²) in [5, 5.41) is 22.2. The highest BCUT2D eigenvalue weighted by molar-refractivity contribution is 5.95. The van der Waals surface area contributed by atoms with E-state index in [4.69, 9.17) is 5.11 Å². The SMILES string of the molecule is Cc1cc([N+](=O)[O-])cc(C(=O)NCCCC(C)O)c1F. The molecule has 0 aliphatic rings. The Bertz CT molecular complexity index is 517. The molecule has 0 aromatic heterocycles. The number of rotatable bonds is 6. The quantitative estimate of drug-likeness (QED) is 0.474. The lowest BCUT2D eigenvalue weighted by atomic mass is 10.1. The summed E-state index contributed by atoms with van der Waals surface area (Å²) in [6.07, 6.45) is 0.582. The number of carbonyl (C=O) groups is 1. The summed E-state index contributed by atoms with van der Waals surface area (Å²) in [6, 6.07) is 2.01. The van der Waals surface area contributed by atoms with E-state index in [0.29, 0.717) is 12.8 Å². The molecule has 1 unspecified atom stereocenters. The molecule has 1 aromatic carbocycles. The molecule has 1 atom stereocenters. The van der Waals surface area contributed by atoms with E-state index in [0.717, 1.165) is 12.1 Å². The minimum Gasteiger partial charge on any atom is -0.393 e. The van der Waals surface area contributed by atoms with Gasteiger partial charge in [-0.3, -0.25) is 14.9 Å². The van der Waals surface area contributed by atoms with Gasteiger partial charge in [0.2, 0.25) is 0 Å². The first-order valence-corrected chi connectivity index (χ1v) is 6.23. The lowest BCUT2D eigenvalue weighted by Gasteiger charge is -2.08. The van der Waals surface area contributed by atoms with Gasteiger partial charge in [0.15, 0.2) is 0 Å². The molecule has 2 N–H and O–H groups in total. The highest BCUT2D eigenvalue weighted by atomic mass is 19.1. The Balaban J connectivity index is 2.79. The van der Waals surface area contributed by atoms with Gasteiger partial charge in [-0.1, -0.05) is 0 Å². The van der Waals surface area contributed by atoms with Gasteiger partial charge >= 0.3 is 0 Å². The van der Waals surface area contributed by atoms with Crippen LogP contribution in [-0.2, 0) is 0 Å². The van der Waals surface area contributed by atoms with E-state index in [2.05, 4.69) is 5.32 Å². The van der Waals surface area contributed by atoms with Crippen LogP contribution in [0.15, 0.2) is 12.1 Å². The van der Waals surface area contributed by atoms with Gasteiger partial charge in [0.05, 0.1) is 16.6 Å². The smallest absolute Gasteiger partial charge is 0.270 e. The van der Waals surface area contributed by atoms with Crippen molar-refractivity contribution in [3.8, 4) is 0 Å². The molecule has 6 nitrogen and oxygen atoms in total. The average Bonchev–Trinajstić information content (AvgIpc) is 2.36. The predicted octanol–water partition coefficient (Wildman–Crippen LogP) is 1.93. The van der Waals surface area contributed by atoms with Crippen molar-refractivity contribution >= 4 is 11.6 Å². The van der Waals surface area contributed by atoms with Gasteiger partial charge in [-0.25, -0.2) is 4.39 Å².